The Labute approximate surface area is 191 Å². The van der Waals surface area contributed by atoms with Crippen molar-refractivity contribution in [3.63, 3.8) is 0 Å². The average Bonchev–Trinajstić information content (AvgIpc) is 3.15. The van der Waals surface area contributed by atoms with Gasteiger partial charge in [-0.1, -0.05) is 42.5 Å². The molecule has 0 radical (unpaired) electrons. The number of rotatable bonds is 7. The van der Waals surface area contributed by atoms with Crippen molar-refractivity contribution in [2.45, 2.75) is 33.0 Å². The molecule has 6 nitrogen and oxygen atoms in total. The van der Waals surface area contributed by atoms with Crippen molar-refractivity contribution in [1.29, 1.82) is 0 Å². The highest BCUT2D eigenvalue weighted by Gasteiger charge is 2.22. The van der Waals surface area contributed by atoms with Crippen molar-refractivity contribution in [3.05, 3.63) is 96.1 Å². The highest BCUT2D eigenvalue weighted by Crippen LogP contribution is 2.20. The van der Waals surface area contributed by atoms with E-state index < -0.39 is 11.7 Å². The lowest BCUT2D eigenvalue weighted by Crippen LogP contribution is -2.39. The molecular formula is C26H25FN4O2. The quantitative estimate of drug-likeness (QED) is 0.455. The van der Waals surface area contributed by atoms with Gasteiger partial charge in [-0.05, 0) is 50.2 Å². The van der Waals surface area contributed by atoms with Crippen LogP contribution in [0.25, 0.3) is 11.0 Å². The summed E-state index contributed by atoms with van der Waals surface area (Å²) in [5.41, 5.74) is 2.29. The number of benzene rings is 3. The first-order valence-corrected chi connectivity index (χ1v) is 10.8. The summed E-state index contributed by atoms with van der Waals surface area (Å²) in [5, 5.41) is 2.73. The van der Waals surface area contributed by atoms with Crippen molar-refractivity contribution in [3.8, 4) is 0 Å². The van der Waals surface area contributed by atoms with E-state index in [9.17, 15) is 14.0 Å². The molecule has 4 rings (SSSR count). The summed E-state index contributed by atoms with van der Waals surface area (Å²) < 4.78 is 15.8. The highest BCUT2D eigenvalue weighted by atomic mass is 19.1. The smallest absolute Gasteiger partial charge is 0.254 e. The number of nitrogens with zero attached hydrogens (tertiary/aromatic N) is 3. The summed E-state index contributed by atoms with van der Waals surface area (Å²) in [6, 6.07) is 22.8. The van der Waals surface area contributed by atoms with Gasteiger partial charge in [0, 0.05) is 11.7 Å². The standard InChI is InChI=1S/C26H25FN4O2/c1-18(2)31(19-10-4-3-5-11-19)25(32)17-30-23-15-9-8-14-22(23)29-24(30)16-28-26(33)20-12-6-7-13-21(20)27/h3-15,18H,16-17H2,1-2H3,(H,28,33). The van der Waals surface area contributed by atoms with Gasteiger partial charge in [0.1, 0.15) is 18.2 Å². The number of fused-ring (bicyclic) bond motifs is 1. The molecule has 1 aromatic heterocycles. The van der Waals surface area contributed by atoms with Crippen molar-refractivity contribution in [2.24, 2.45) is 0 Å². The van der Waals surface area contributed by atoms with E-state index in [0.29, 0.717) is 5.82 Å². The van der Waals surface area contributed by atoms with Crippen LogP contribution in [0.4, 0.5) is 10.1 Å². The Morgan fingerprint density at radius 3 is 2.36 bits per heavy atom. The van der Waals surface area contributed by atoms with Crippen molar-refractivity contribution in [2.75, 3.05) is 4.90 Å². The average molecular weight is 445 g/mol. The SMILES string of the molecule is CC(C)N(C(=O)Cn1c(CNC(=O)c2ccccc2F)nc2ccccc21)c1ccccc1. The van der Waals surface area contributed by atoms with Gasteiger partial charge >= 0.3 is 0 Å². The van der Waals surface area contributed by atoms with Crippen LogP contribution < -0.4 is 10.2 Å². The fraction of sp³-hybridized carbons (Fsp3) is 0.192. The summed E-state index contributed by atoms with van der Waals surface area (Å²) in [6.07, 6.45) is 0. The highest BCUT2D eigenvalue weighted by molar-refractivity contribution is 5.95. The van der Waals surface area contributed by atoms with Crippen molar-refractivity contribution >= 4 is 28.5 Å². The monoisotopic (exact) mass is 444 g/mol. The maximum Gasteiger partial charge on any atom is 0.254 e. The number of imidazole rings is 1. The molecule has 0 aliphatic heterocycles. The minimum Gasteiger partial charge on any atom is -0.345 e. The first-order chi connectivity index (χ1) is 16.0. The van der Waals surface area contributed by atoms with Gasteiger partial charge in [0.05, 0.1) is 23.1 Å². The predicted octanol–water partition coefficient (Wildman–Crippen LogP) is 4.55. The molecule has 0 unspecified atom stereocenters. The van der Waals surface area contributed by atoms with Crippen molar-refractivity contribution < 1.29 is 14.0 Å². The number of aromatic nitrogens is 2. The van der Waals surface area contributed by atoms with Crippen LogP contribution in [0.1, 0.15) is 30.0 Å². The largest absolute Gasteiger partial charge is 0.345 e. The summed E-state index contributed by atoms with van der Waals surface area (Å²) in [7, 11) is 0. The van der Waals surface area contributed by atoms with E-state index >= 15 is 0 Å². The van der Waals surface area contributed by atoms with E-state index in [-0.39, 0.29) is 30.6 Å². The number of carbonyl (C=O) groups is 2. The number of halogens is 1. The summed E-state index contributed by atoms with van der Waals surface area (Å²) in [5.74, 6) is -0.702. The molecule has 4 aromatic rings. The molecule has 3 aromatic carbocycles. The molecular weight excluding hydrogens is 419 g/mol. The Morgan fingerprint density at radius 2 is 1.64 bits per heavy atom. The first kappa shape index (κ1) is 22.2. The second-order valence-electron chi connectivity index (χ2n) is 7.96. The molecule has 168 valence electrons. The Balaban J connectivity index is 1.62. The van der Waals surface area contributed by atoms with Gasteiger partial charge in [-0.15, -0.1) is 0 Å². The minimum absolute atomic E-state index is 0.0358. The maximum atomic E-state index is 14.0. The normalized spacial score (nSPS) is 11.0. The predicted molar refractivity (Wildman–Crippen MR) is 126 cm³/mol. The van der Waals surface area contributed by atoms with Gasteiger partial charge in [-0.25, -0.2) is 9.37 Å². The fourth-order valence-electron chi connectivity index (χ4n) is 3.87. The molecule has 0 aliphatic rings. The molecule has 33 heavy (non-hydrogen) atoms. The fourth-order valence-corrected chi connectivity index (χ4v) is 3.87. The van der Waals surface area contributed by atoms with Gasteiger partial charge in [0.15, 0.2) is 0 Å². The number of para-hydroxylation sites is 3. The lowest BCUT2D eigenvalue weighted by Gasteiger charge is -2.27. The number of carbonyl (C=O) groups excluding carboxylic acids is 2. The van der Waals surface area contributed by atoms with Gasteiger partial charge in [0.2, 0.25) is 5.91 Å². The molecule has 0 saturated heterocycles. The van der Waals surface area contributed by atoms with Crippen LogP contribution in [0.3, 0.4) is 0 Å². The van der Waals surface area contributed by atoms with Crippen molar-refractivity contribution in [1.82, 2.24) is 14.9 Å². The van der Waals surface area contributed by atoms with Crippen LogP contribution in [0.15, 0.2) is 78.9 Å². The second-order valence-corrected chi connectivity index (χ2v) is 7.96. The molecule has 1 heterocycles. The van der Waals surface area contributed by atoms with Crippen LogP contribution in [-0.2, 0) is 17.9 Å². The molecule has 0 atom stereocenters. The Bertz CT molecular complexity index is 1280. The van der Waals surface area contributed by atoms with E-state index in [4.69, 9.17) is 0 Å². The van der Waals surface area contributed by atoms with Crippen LogP contribution >= 0.6 is 0 Å². The number of anilines is 1. The molecule has 0 spiro atoms. The number of hydrogen-bond acceptors (Lipinski definition) is 3. The van der Waals surface area contributed by atoms with Gasteiger partial charge in [-0.2, -0.15) is 0 Å². The molecule has 2 amide bonds. The molecule has 7 heteroatoms. The van der Waals surface area contributed by atoms with E-state index in [1.807, 2.05) is 68.4 Å². The van der Waals surface area contributed by atoms with Crippen LogP contribution in [0, 0.1) is 5.82 Å². The van der Waals surface area contributed by atoms with Gasteiger partial charge in [-0.3, -0.25) is 9.59 Å². The molecule has 1 N–H and O–H groups in total. The molecule has 0 saturated carbocycles. The number of hydrogen-bond donors (Lipinski definition) is 1. The van der Waals surface area contributed by atoms with E-state index in [1.165, 1.54) is 18.2 Å². The zero-order chi connectivity index (χ0) is 23.4. The Hall–Kier alpha value is -4.00. The topological polar surface area (TPSA) is 67.2 Å². The zero-order valence-corrected chi connectivity index (χ0v) is 18.5. The van der Waals surface area contributed by atoms with E-state index in [2.05, 4.69) is 10.3 Å². The second kappa shape index (κ2) is 9.65. The summed E-state index contributed by atoms with van der Waals surface area (Å²) in [6.45, 7) is 4.04. The molecule has 0 fully saturated rings. The maximum absolute atomic E-state index is 14.0. The zero-order valence-electron chi connectivity index (χ0n) is 18.5. The number of nitrogens with one attached hydrogen (secondary N) is 1. The van der Waals surface area contributed by atoms with E-state index in [1.54, 1.807) is 15.5 Å². The van der Waals surface area contributed by atoms with Gasteiger partial charge in [0.25, 0.3) is 5.91 Å². The lowest BCUT2D eigenvalue weighted by atomic mass is 10.2. The molecule has 0 aliphatic carbocycles. The first-order valence-electron chi connectivity index (χ1n) is 10.8. The lowest BCUT2D eigenvalue weighted by molar-refractivity contribution is -0.119. The third-order valence-electron chi connectivity index (χ3n) is 5.37. The third-order valence-corrected chi connectivity index (χ3v) is 5.37. The van der Waals surface area contributed by atoms with E-state index in [0.717, 1.165) is 16.7 Å². The molecule has 0 bridgehead atoms. The number of amides is 2. The Morgan fingerprint density at radius 1 is 0.970 bits per heavy atom. The van der Waals surface area contributed by atoms with Gasteiger partial charge < -0.3 is 14.8 Å². The summed E-state index contributed by atoms with van der Waals surface area (Å²) in [4.78, 5) is 32.3. The third kappa shape index (κ3) is 4.77. The summed E-state index contributed by atoms with van der Waals surface area (Å²) >= 11 is 0. The van der Waals surface area contributed by atoms with Crippen LogP contribution in [0.2, 0.25) is 0 Å². The Kier molecular flexibility index (Phi) is 6.49. The minimum atomic E-state index is -0.589. The van der Waals surface area contributed by atoms with Crippen LogP contribution in [0.5, 0.6) is 0 Å². The van der Waals surface area contributed by atoms with Crippen LogP contribution in [-0.4, -0.2) is 27.4 Å².